The fraction of sp³-hybridized carbons (Fsp3) is 0.0769. The van der Waals surface area contributed by atoms with Crippen molar-refractivity contribution < 1.29 is 4.42 Å². The van der Waals surface area contributed by atoms with Crippen molar-refractivity contribution >= 4 is 11.6 Å². The van der Waals surface area contributed by atoms with Crippen LogP contribution in [0.5, 0.6) is 0 Å². The van der Waals surface area contributed by atoms with Gasteiger partial charge in [0.05, 0.1) is 5.56 Å². The molecule has 3 aromatic rings. The summed E-state index contributed by atoms with van der Waals surface area (Å²) in [6.45, 7) is 1.81. The van der Waals surface area contributed by atoms with E-state index in [1.54, 1.807) is 24.5 Å². The van der Waals surface area contributed by atoms with E-state index in [9.17, 15) is 0 Å². The molecule has 0 atom stereocenters. The molecule has 0 radical (unpaired) electrons. The number of nitrogens with zero attached hydrogens (tertiary/aromatic N) is 4. The van der Waals surface area contributed by atoms with Crippen molar-refractivity contribution in [3.05, 3.63) is 47.5 Å². The Morgan fingerprint density at radius 2 is 1.68 bits per heavy atom. The first-order valence-corrected chi connectivity index (χ1v) is 5.98. The monoisotopic (exact) mass is 272 g/mol. The van der Waals surface area contributed by atoms with Gasteiger partial charge in [-0.05, 0) is 25.1 Å². The van der Waals surface area contributed by atoms with Gasteiger partial charge in [0, 0.05) is 23.0 Å². The second-order valence-corrected chi connectivity index (χ2v) is 4.38. The Kier molecular flexibility index (Phi) is 2.97. The molecular formula is C13H9ClN4O. The smallest absolute Gasteiger partial charge is 0.251 e. The van der Waals surface area contributed by atoms with Crippen LogP contribution in [0.3, 0.4) is 0 Å². The van der Waals surface area contributed by atoms with Crippen LogP contribution in [0.25, 0.3) is 22.9 Å². The highest BCUT2D eigenvalue weighted by Crippen LogP contribution is 2.24. The third-order valence-corrected chi connectivity index (χ3v) is 2.76. The molecule has 3 rings (SSSR count). The summed E-state index contributed by atoms with van der Waals surface area (Å²) in [4.78, 5) is 8.18. The third-order valence-electron chi connectivity index (χ3n) is 2.52. The van der Waals surface area contributed by atoms with E-state index >= 15 is 0 Å². The van der Waals surface area contributed by atoms with Crippen LogP contribution in [0.2, 0.25) is 5.02 Å². The Bertz CT molecular complexity index is 709. The first kappa shape index (κ1) is 11.8. The maximum absolute atomic E-state index is 5.93. The molecule has 94 valence electrons. The van der Waals surface area contributed by atoms with Crippen LogP contribution >= 0.6 is 11.6 Å². The zero-order chi connectivity index (χ0) is 13.2. The van der Waals surface area contributed by atoms with Gasteiger partial charge in [-0.15, -0.1) is 10.2 Å². The van der Waals surface area contributed by atoms with Crippen LogP contribution in [0.4, 0.5) is 0 Å². The molecule has 0 aliphatic heterocycles. The summed E-state index contributed by atoms with van der Waals surface area (Å²) in [6.07, 6.45) is 3.30. The summed E-state index contributed by atoms with van der Waals surface area (Å²) in [5.41, 5.74) is 1.46. The van der Waals surface area contributed by atoms with Gasteiger partial charge < -0.3 is 4.42 Å². The van der Waals surface area contributed by atoms with Crippen LogP contribution in [-0.4, -0.2) is 20.2 Å². The average Bonchev–Trinajstić information content (AvgIpc) is 2.89. The van der Waals surface area contributed by atoms with Crippen LogP contribution in [0.1, 0.15) is 5.82 Å². The van der Waals surface area contributed by atoms with E-state index < -0.39 is 0 Å². The first-order valence-electron chi connectivity index (χ1n) is 5.61. The predicted octanol–water partition coefficient (Wildman–Crippen LogP) is 3.16. The molecule has 5 nitrogen and oxygen atoms in total. The van der Waals surface area contributed by atoms with Crippen molar-refractivity contribution in [2.45, 2.75) is 6.92 Å². The Morgan fingerprint density at radius 1 is 1.00 bits per heavy atom. The van der Waals surface area contributed by atoms with Gasteiger partial charge in [0.2, 0.25) is 5.89 Å². The second kappa shape index (κ2) is 4.78. The first-order chi connectivity index (χ1) is 9.22. The minimum Gasteiger partial charge on any atom is -0.416 e. The van der Waals surface area contributed by atoms with Crippen molar-refractivity contribution in [2.24, 2.45) is 0 Å². The summed E-state index contributed by atoms with van der Waals surface area (Å²) in [6, 6.07) is 7.24. The molecule has 0 saturated carbocycles. The fourth-order valence-corrected chi connectivity index (χ4v) is 1.77. The van der Waals surface area contributed by atoms with Crippen LogP contribution in [-0.2, 0) is 0 Å². The number of hydrogen-bond donors (Lipinski definition) is 0. The quantitative estimate of drug-likeness (QED) is 0.717. The lowest BCUT2D eigenvalue weighted by molar-refractivity contribution is 0.584. The van der Waals surface area contributed by atoms with E-state index in [4.69, 9.17) is 16.0 Å². The number of halogens is 1. The van der Waals surface area contributed by atoms with Gasteiger partial charge in [-0.3, -0.25) is 0 Å². The molecule has 0 aliphatic rings. The molecule has 6 heteroatoms. The molecule has 2 aromatic heterocycles. The van der Waals surface area contributed by atoms with E-state index in [2.05, 4.69) is 20.2 Å². The van der Waals surface area contributed by atoms with E-state index in [-0.39, 0.29) is 0 Å². The van der Waals surface area contributed by atoms with Gasteiger partial charge in [-0.25, -0.2) is 9.97 Å². The lowest BCUT2D eigenvalue weighted by Crippen LogP contribution is -1.87. The Balaban J connectivity index is 1.97. The van der Waals surface area contributed by atoms with Gasteiger partial charge >= 0.3 is 0 Å². The van der Waals surface area contributed by atoms with Gasteiger partial charge in [0.15, 0.2) is 0 Å². The maximum Gasteiger partial charge on any atom is 0.251 e. The van der Waals surface area contributed by atoms with Crippen molar-refractivity contribution in [1.29, 1.82) is 0 Å². The topological polar surface area (TPSA) is 64.7 Å². The molecule has 0 spiro atoms. The summed E-state index contributed by atoms with van der Waals surface area (Å²) in [5.74, 6) is 1.49. The number of benzene rings is 1. The Morgan fingerprint density at radius 3 is 2.37 bits per heavy atom. The molecule has 0 unspecified atom stereocenters. The molecule has 2 heterocycles. The number of rotatable bonds is 2. The van der Waals surface area contributed by atoms with Gasteiger partial charge in [0.25, 0.3) is 5.89 Å². The van der Waals surface area contributed by atoms with E-state index in [1.165, 1.54) is 0 Å². The van der Waals surface area contributed by atoms with Crippen molar-refractivity contribution in [1.82, 2.24) is 20.2 Å². The van der Waals surface area contributed by atoms with Crippen molar-refractivity contribution in [2.75, 3.05) is 0 Å². The van der Waals surface area contributed by atoms with Crippen LogP contribution in [0, 0.1) is 6.92 Å². The SMILES string of the molecule is Cc1ncc(-c2nnc(-c3cccc(Cl)c3)o2)cn1. The van der Waals surface area contributed by atoms with E-state index in [0.717, 1.165) is 5.56 Å². The molecule has 0 fully saturated rings. The standard InChI is InChI=1S/C13H9ClN4O/c1-8-15-6-10(7-16-8)13-18-17-12(19-13)9-3-2-4-11(14)5-9/h2-7H,1H3. The zero-order valence-electron chi connectivity index (χ0n) is 10.0. The molecular weight excluding hydrogens is 264 g/mol. The normalized spacial score (nSPS) is 10.6. The van der Waals surface area contributed by atoms with Crippen molar-refractivity contribution in [3.63, 3.8) is 0 Å². The lowest BCUT2D eigenvalue weighted by Gasteiger charge is -1.95. The summed E-state index contributed by atoms with van der Waals surface area (Å²) in [5, 5.41) is 8.60. The summed E-state index contributed by atoms with van der Waals surface area (Å²) in [7, 11) is 0. The summed E-state index contributed by atoms with van der Waals surface area (Å²) < 4.78 is 5.59. The van der Waals surface area contributed by atoms with Gasteiger partial charge in [-0.2, -0.15) is 0 Å². The van der Waals surface area contributed by atoms with Crippen molar-refractivity contribution in [3.8, 4) is 22.9 Å². The second-order valence-electron chi connectivity index (χ2n) is 3.94. The van der Waals surface area contributed by atoms with E-state index in [0.29, 0.717) is 28.2 Å². The minimum absolute atomic E-state index is 0.384. The molecule has 0 N–H and O–H groups in total. The highest BCUT2D eigenvalue weighted by molar-refractivity contribution is 6.30. The molecule has 0 saturated heterocycles. The van der Waals surface area contributed by atoms with Gasteiger partial charge in [0.1, 0.15) is 5.82 Å². The fourth-order valence-electron chi connectivity index (χ4n) is 1.58. The highest BCUT2D eigenvalue weighted by Gasteiger charge is 2.11. The predicted molar refractivity (Wildman–Crippen MR) is 70.5 cm³/mol. The van der Waals surface area contributed by atoms with Crippen LogP contribution < -0.4 is 0 Å². The molecule has 19 heavy (non-hydrogen) atoms. The maximum atomic E-state index is 5.93. The largest absolute Gasteiger partial charge is 0.416 e. The minimum atomic E-state index is 0.384. The Hall–Kier alpha value is -2.27. The summed E-state index contributed by atoms with van der Waals surface area (Å²) >= 11 is 5.93. The molecule has 0 aliphatic carbocycles. The average molecular weight is 273 g/mol. The molecule has 0 bridgehead atoms. The number of aryl methyl sites for hydroxylation is 1. The highest BCUT2D eigenvalue weighted by atomic mass is 35.5. The number of hydrogen-bond acceptors (Lipinski definition) is 5. The zero-order valence-corrected chi connectivity index (χ0v) is 10.8. The van der Waals surface area contributed by atoms with Gasteiger partial charge in [-0.1, -0.05) is 17.7 Å². The Labute approximate surface area is 114 Å². The molecule has 0 amide bonds. The molecule has 1 aromatic carbocycles. The number of aromatic nitrogens is 4. The lowest BCUT2D eigenvalue weighted by atomic mass is 10.2. The van der Waals surface area contributed by atoms with E-state index in [1.807, 2.05) is 19.1 Å². The third kappa shape index (κ3) is 2.46. The van der Waals surface area contributed by atoms with Crippen LogP contribution in [0.15, 0.2) is 41.1 Å².